The smallest absolute Gasteiger partial charge is 0.160 e. The number of carbonyl (C=O) groups excluding carboxylic acids is 1. The second-order valence-corrected chi connectivity index (χ2v) is 8.15. The number of aldehydes is 1. The molecule has 0 fully saturated rings. The van der Waals surface area contributed by atoms with Crippen molar-refractivity contribution in [1.29, 1.82) is 0 Å². The van der Waals surface area contributed by atoms with Crippen LogP contribution in [0.3, 0.4) is 0 Å². The molecule has 0 spiro atoms. The highest BCUT2D eigenvalue weighted by molar-refractivity contribution is 7.30. The minimum Gasteiger partial charge on any atom is -0.366 e. The maximum atomic E-state index is 10.8. The predicted octanol–water partition coefficient (Wildman–Crippen LogP) is 6.35. The summed E-state index contributed by atoms with van der Waals surface area (Å²) < 4.78 is 2.48. The molecule has 0 radical (unpaired) electrons. The molecule has 0 aliphatic carbocycles. The van der Waals surface area contributed by atoms with Gasteiger partial charge in [0.15, 0.2) is 6.29 Å². The van der Waals surface area contributed by atoms with Crippen molar-refractivity contribution in [3.63, 3.8) is 0 Å². The van der Waals surface area contributed by atoms with Gasteiger partial charge in [0.05, 0.1) is 9.88 Å². The fourth-order valence-electron chi connectivity index (χ4n) is 2.68. The summed E-state index contributed by atoms with van der Waals surface area (Å²) in [6.07, 6.45) is 11.9. The Labute approximate surface area is 142 Å². The lowest BCUT2D eigenvalue weighted by Crippen LogP contribution is -2.16. The Balaban J connectivity index is 1.66. The quantitative estimate of drug-likeness (QED) is 0.351. The highest BCUT2D eigenvalue weighted by Crippen LogP contribution is 2.37. The molecule has 0 saturated carbocycles. The second kappa shape index (κ2) is 9.31. The van der Waals surface area contributed by atoms with Crippen LogP contribution >= 0.6 is 22.7 Å². The van der Waals surface area contributed by atoms with Crippen molar-refractivity contribution in [2.24, 2.45) is 0 Å². The lowest BCUT2D eigenvalue weighted by atomic mass is 10.1. The van der Waals surface area contributed by atoms with Gasteiger partial charge in [-0.25, -0.2) is 0 Å². The van der Waals surface area contributed by atoms with Gasteiger partial charge in [-0.15, -0.1) is 22.7 Å². The van der Waals surface area contributed by atoms with E-state index in [1.807, 2.05) is 6.07 Å². The number of hydrogen-bond acceptors (Lipinski definition) is 4. The lowest BCUT2D eigenvalue weighted by molar-refractivity contribution is 0.112. The molecule has 0 aromatic carbocycles. The topological polar surface area (TPSA) is 20.3 Å². The Morgan fingerprint density at radius 2 is 1.59 bits per heavy atom. The molecule has 0 aliphatic rings. The molecule has 0 amide bonds. The van der Waals surface area contributed by atoms with E-state index in [4.69, 9.17) is 0 Å². The van der Waals surface area contributed by atoms with Crippen molar-refractivity contribution in [3.05, 3.63) is 17.0 Å². The number of thiophene rings is 2. The molecule has 0 N–H and O–H groups in total. The van der Waals surface area contributed by atoms with Gasteiger partial charge in [-0.2, -0.15) is 0 Å². The standard InChI is InChI=1S/C18H27NOS2/c1-3-4-5-6-7-8-9-10-11-19(2)18-13-17-16(22-18)12-15(14-20)21-17/h12-14H,3-11H2,1-2H3. The molecule has 122 valence electrons. The van der Waals surface area contributed by atoms with Crippen molar-refractivity contribution in [3.8, 4) is 0 Å². The van der Waals surface area contributed by atoms with Crippen molar-refractivity contribution in [2.75, 3.05) is 18.5 Å². The molecule has 2 heterocycles. The third-order valence-electron chi connectivity index (χ3n) is 4.05. The summed E-state index contributed by atoms with van der Waals surface area (Å²) in [6, 6.07) is 4.23. The van der Waals surface area contributed by atoms with Gasteiger partial charge in [0.2, 0.25) is 0 Å². The van der Waals surface area contributed by atoms with E-state index in [1.54, 1.807) is 22.7 Å². The highest BCUT2D eigenvalue weighted by atomic mass is 32.1. The van der Waals surface area contributed by atoms with Gasteiger partial charge in [0.1, 0.15) is 0 Å². The van der Waals surface area contributed by atoms with Crippen molar-refractivity contribution < 1.29 is 4.79 Å². The number of rotatable bonds is 11. The molecule has 0 aliphatic heterocycles. The molecule has 0 saturated heterocycles. The van der Waals surface area contributed by atoms with E-state index in [2.05, 4.69) is 24.9 Å². The fourth-order valence-corrected chi connectivity index (χ4v) is 4.88. The third kappa shape index (κ3) is 5.10. The van der Waals surface area contributed by atoms with Gasteiger partial charge in [-0.05, 0) is 18.6 Å². The van der Waals surface area contributed by atoms with E-state index in [0.717, 1.165) is 17.7 Å². The van der Waals surface area contributed by atoms with Gasteiger partial charge in [-0.1, -0.05) is 51.9 Å². The number of hydrogen-bond donors (Lipinski definition) is 0. The normalized spacial score (nSPS) is 11.2. The van der Waals surface area contributed by atoms with Crippen LogP contribution in [0.4, 0.5) is 5.00 Å². The third-order valence-corrected chi connectivity index (χ3v) is 6.39. The van der Waals surface area contributed by atoms with Crippen LogP contribution in [0.1, 0.15) is 68.0 Å². The van der Waals surface area contributed by atoms with Crippen LogP contribution in [0.2, 0.25) is 0 Å². The monoisotopic (exact) mass is 337 g/mol. The summed E-state index contributed by atoms with van der Waals surface area (Å²) in [6.45, 7) is 3.40. The summed E-state index contributed by atoms with van der Waals surface area (Å²) in [4.78, 5) is 14.0. The van der Waals surface area contributed by atoms with Crippen LogP contribution in [-0.2, 0) is 0 Å². The van der Waals surface area contributed by atoms with Gasteiger partial charge in [0.25, 0.3) is 0 Å². The molecule has 0 atom stereocenters. The maximum Gasteiger partial charge on any atom is 0.160 e. The summed E-state index contributed by atoms with van der Waals surface area (Å²) in [5.74, 6) is 0. The van der Waals surface area contributed by atoms with E-state index in [-0.39, 0.29) is 0 Å². The van der Waals surface area contributed by atoms with Gasteiger partial charge < -0.3 is 4.90 Å². The zero-order chi connectivity index (χ0) is 15.8. The Bertz CT molecular complexity index is 541. The number of nitrogens with zero attached hydrogens (tertiary/aromatic N) is 1. The summed E-state index contributed by atoms with van der Waals surface area (Å²) in [7, 11) is 2.18. The fraction of sp³-hybridized carbons (Fsp3) is 0.611. The summed E-state index contributed by atoms with van der Waals surface area (Å²) in [5, 5.41) is 1.32. The van der Waals surface area contributed by atoms with Gasteiger partial charge in [0, 0.05) is 23.0 Å². The van der Waals surface area contributed by atoms with Crippen molar-refractivity contribution >= 4 is 43.4 Å². The molecule has 4 heteroatoms. The first kappa shape index (κ1) is 17.5. The van der Waals surface area contributed by atoms with E-state index in [1.165, 1.54) is 65.8 Å². The first-order valence-corrected chi connectivity index (χ1v) is 10.1. The molecule has 2 rings (SSSR count). The molecule has 22 heavy (non-hydrogen) atoms. The number of anilines is 1. The van der Waals surface area contributed by atoms with Gasteiger partial charge >= 0.3 is 0 Å². The Morgan fingerprint density at radius 1 is 0.955 bits per heavy atom. The number of fused-ring (bicyclic) bond motifs is 1. The van der Waals surface area contributed by atoms with E-state index >= 15 is 0 Å². The number of unbranched alkanes of at least 4 members (excludes halogenated alkanes) is 7. The van der Waals surface area contributed by atoms with Crippen LogP contribution in [0.5, 0.6) is 0 Å². The number of carbonyl (C=O) groups is 1. The zero-order valence-electron chi connectivity index (χ0n) is 13.8. The van der Waals surface area contributed by atoms with Crippen molar-refractivity contribution in [1.82, 2.24) is 0 Å². The van der Waals surface area contributed by atoms with E-state index < -0.39 is 0 Å². The average molecular weight is 338 g/mol. The second-order valence-electron chi connectivity index (χ2n) is 5.98. The summed E-state index contributed by atoms with van der Waals surface area (Å²) in [5.41, 5.74) is 0. The largest absolute Gasteiger partial charge is 0.366 e. The average Bonchev–Trinajstić information content (AvgIpc) is 3.08. The molecular weight excluding hydrogens is 310 g/mol. The Kier molecular flexibility index (Phi) is 7.40. The van der Waals surface area contributed by atoms with Crippen LogP contribution in [-0.4, -0.2) is 19.9 Å². The lowest BCUT2D eigenvalue weighted by Gasteiger charge is -2.16. The first-order chi connectivity index (χ1) is 10.7. The maximum absolute atomic E-state index is 10.8. The molecule has 2 aromatic heterocycles. The van der Waals surface area contributed by atoms with Crippen LogP contribution in [0.15, 0.2) is 12.1 Å². The van der Waals surface area contributed by atoms with Gasteiger partial charge in [-0.3, -0.25) is 4.79 Å². The SMILES string of the molecule is CCCCCCCCCCN(C)c1cc2sc(C=O)cc2s1. The molecule has 2 aromatic rings. The minimum atomic E-state index is 0.832. The molecule has 0 bridgehead atoms. The molecule has 2 nitrogen and oxygen atoms in total. The van der Waals surface area contributed by atoms with Crippen molar-refractivity contribution in [2.45, 2.75) is 58.3 Å². The predicted molar refractivity (Wildman–Crippen MR) is 101 cm³/mol. The van der Waals surface area contributed by atoms with E-state index in [0.29, 0.717) is 0 Å². The Hall–Kier alpha value is -0.870. The zero-order valence-corrected chi connectivity index (χ0v) is 15.4. The highest BCUT2D eigenvalue weighted by Gasteiger charge is 2.09. The van der Waals surface area contributed by atoms with Crippen LogP contribution < -0.4 is 4.90 Å². The van der Waals surface area contributed by atoms with Crippen LogP contribution in [0.25, 0.3) is 9.40 Å². The Morgan fingerprint density at radius 3 is 2.23 bits per heavy atom. The first-order valence-electron chi connectivity index (χ1n) is 8.44. The van der Waals surface area contributed by atoms with Crippen LogP contribution in [0, 0.1) is 0 Å². The van der Waals surface area contributed by atoms with E-state index in [9.17, 15) is 4.79 Å². The minimum absolute atomic E-state index is 0.832. The molecular formula is C18H27NOS2. The molecule has 0 unspecified atom stereocenters. The summed E-state index contributed by atoms with van der Waals surface area (Å²) >= 11 is 3.39.